The summed E-state index contributed by atoms with van der Waals surface area (Å²) < 4.78 is 5.56. The third-order valence-corrected chi connectivity index (χ3v) is 3.44. The van der Waals surface area contributed by atoms with Crippen LogP contribution in [0.1, 0.15) is 24.2 Å². The number of halogens is 2. The highest BCUT2D eigenvalue weighted by atomic mass is 35.5. The van der Waals surface area contributed by atoms with Gasteiger partial charge in [0, 0.05) is 16.5 Å². The Morgan fingerprint density at radius 1 is 1.46 bits per heavy atom. The number of hydrogen-bond donors (Lipinski definition) is 0. The molecule has 0 N–H and O–H groups in total. The zero-order valence-corrected chi connectivity index (χ0v) is 8.62. The fourth-order valence-corrected chi connectivity index (χ4v) is 2.73. The lowest BCUT2D eigenvalue weighted by Gasteiger charge is -2.06. The molecule has 0 aromatic heterocycles. The van der Waals surface area contributed by atoms with Gasteiger partial charge in [-0.1, -0.05) is 23.2 Å². The summed E-state index contributed by atoms with van der Waals surface area (Å²) in [4.78, 5) is 0. The Labute approximate surface area is 86.6 Å². The van der Waals surface area contributed by atoms with Crippen LogP contribution in [0, 0.1) is 0 Å². The zero-order valence-electron chi connectivity index (χ0n) is 7.10. The number of epoxide rings is 1. The van der Waals surface area contributed by atoms with E-state index in [4.69, 9.17) is 27.9 Å². The fraction of sp³-hybridized carbons (Fsp3) is 0.400. The third kappa shape index (κ3) is 0.983. The third-order valence-electron chi connectivity index (χ3n) is 2.89. The van der Waals surface area contributed by atoms with E-state index in [2.05, 4.69) is 6.92 Å². The predicted octanol–water partition coefficient (Wildman–Crippen LogP) is 3.38. The molecule has 3 rings (SSSR count). The molecule has 1 fully saturated rings. The van der Waals surface area contributed by atoms with Gasteiger partial charge >= 0.3 is 0 Å². The van der Waals surface area contributed by atoms with Crippen LogP contribution in [0.5, 0.6) is 0 Å². The Bertz CT molecular complexity index is 402. The van der Waals surface area contributed by atoms with E-state index >= 15 is 0 Å². The SMILES string of the molecule is CC12Cc3c(Cl)cc(Cl)cc3[C@@H]1O2. The number of benzene rings is 1. The van der Waals surface area contributed by atoms with Gasteiger partial charge in [0.25, 0.3) is 0 Å². The van der Waals surface area contributed by atoms with E-state index in [1.54, 1.807) is 6.07 Å². The first-order chi connectivity index (χ1) is 6.10. The molecule has 2 aliphatic rings. The number of hydrogen-bond acceptors (Lipinski definition) is 1. The summed E-state index contributed by atoms with van der Waals surface area (Å²) in [5.74, 6) is 0. The number of ether oxygens (including phenoxy) is 1. The molecule has 1 aliphatic carbocycles. The minimum Gasteiger partial charge on any atom is -0.361 e. The first-order valence-electron chi connectivity index (χ1n) is 4.26. The number of fused-ring (bicyclic) bond motifs is 3. The highest BCUT2D eigenvalue weighted by Gasteiger charge is 2.59. The normalized spacial score (nSPS) is 34.2. The maximum absolute atomic E-state index is 6.08. The molecule has 0 amide bonds. The van der Waals surface area contributed by atoms with E-state index in [0.717, 1.165) is 11.4 Å². The van der Waals surface area contributed by atoms with Gasteiger partial charge in [0.1, 0.15) is 11.7 Å². The van der Waals surface area contributed by atoms with Gasteiger partial charge in [-0.25, -0.2) is 0 Å². The van der Waals surface area contributed by atoms with E-state index < -0.39 is 0 Å². The molecule has 68 valence electrons. The Morgan fingerprint density at radius 3 is 3.00 bits per heavy atom. The Balaban J connectivity index is 2.21. The summed E-state index contributed by atoms with van der Waals surface area (Å²) in [5, 5.41) is 1.48. The Morgan fingerprint density at radius 2 is 2.23 bits per heavy atom. The molecule has 0 bridgehead atoms. The van der Waals surface area contributed by atoms with Gasteiger partial charge in [0.2, 0.25) is 0 Å². The smallest absolute Gasteiger partial charge is 0.113 e. The topological polar surface area (TPSA) is 12.5 Å². The van der Waals surface area contributed by atoms with Crippen molar-refractivity contribution in [1.29, 1.82) is 0 Å². The Hall–Kier alpha value is -0.240. The van der Waals surface area contributed by atoms with Crippen molar-refractivity contribution >= 4 is 23.2 Å². The van der Waals surface area contributed by atoms with Crippen LogP contribution >= 0.6 is 23.2 Å². The van der Waals surface area contributed by atoms with Gasteiger partial charge in [0.05, 0.1) is 0 Å². The lowest BCUT2D eigenvalue weighted by molar-refractivity contribution is 0.298. The van der Waals surface area contributed by atoms with Crippen LogP contribution in [0.2, 0.25) is 10.0 Å². The molecule has 0 radical (unpaired) electrons. The van der Waals surface area contributed by atoms with Crippen molar-refractivity contribution in [3.05, 3.63) is 33.3 Å². The van der Waals surface area contributed by atoms with Crippen molar-refractivity contribution in [2.24, 2.45) is 0 Å². The first kappa shape index (κ1) is 8.10. The lowest BCUT2D eigenvalue weighted by Crippen LogP contribution is -2.03. The van der Waals surface area contributed by atoms with E-state index in [9.17, 15) is 0 Å². The minimum absolute atomic E-state index is 0.0106. The summed E-state index contributed by atoms with van der Waals surface area (Å²) in [5.41, 5.74) is 2.40. The maximum Gasteiger partial charge on any atom is 0.113 e. The average molecular weight is 215 g/mol. The molecule has 1 heterocycles. The molecular weight excluding hydrogens is 207 g/mol. The van der Waals surface area contributed by atoms with Gasteiger partial charge in [-0.15, -0.1) is 0 Å². The monoisotopic (exact) mass is 214 g/mol. The number of rotatable bonds is 0. The molecule has 1 aliphatic heterocycles. The molecule has 1 nitrogen and oxygen atoms in total. The molecule has 13 heavy (non-hydrogen) atoms. The molecule has 1 unspecified atom stereocenters. The second-order valence-corrected chi connectivity index (χ2v) is 4.79. The molecular formula is C10H8Cl2O. The van der Waals surface area contributed by atoms with E-state index in [0.29, 0.717) is 5.02 Å². The van der Waals surface area contributed by atoms with Gasteiger partial charge in [-0.3, -0.25) is 0 Å². The van der Waals surface area contributed by atoms with Crippen molar-refractivity contribution < 1.29 is 4.74 Å². The van der Waals surface area contributed by atoms with E-state index in [1.807, 2.05) is 6.07 Å². The summed E-state index contributed by atoms with van der Waals surface area (Å²) in [6.07, 6.45) is 1.15. The van der Waals surface area contributed by atoms with Crippen LogP contribution in [-0.2, 0) is 11.2 Å². The van der Waals surface area contributed by atoms with Crippen LogP contribution in [0.25, 0.3) is 0 Å². The van der Waals surface area contributed by atoms with E-state index in [-0.39, 0.29) is 11.7 Å². The quantitative estimate of drug-likeness (QED) is 0.604. The zero-order chi connectivity index (χ0) is 9.22. The van der Waals surface area contributed by atoms with Crippen molar-refractivity contribution in [2.75, 3.05) is 0 Å². The summed E-state index contributed by atoms with van der Waals surface area (Å²) in [6, 6.07) is 3.77. The van der Waals surface area contributed by atoms with Crippen molar-refractivity contribution in [1.82, 2.24) is 0 Å². The van der Waals surface area contributed by atoms with Crippen LogP contribution in [-0.4, -0.2) is 5.60 Å². The molecule has 0 spiro atoms. The molecule has 1 saturated heterocycles. The molecule has 1 aromatic carbocycles. The van der Waals surface area contributed by atoms with Gasteiger partial charge in [-0.2, -0.15) is 0 Å². The Kier molecular flexibility index (Phi) is 1.38. The summed E-state index contributed by atoms with van der Waals surface area (Å²) in [7, 11) is 0. The predicted molar refractivity (Wildman–Crippen MR) is 52.4 cm³/mol. The van der Waals surface area contributed by atoms with E-state index in [1.165, 1.54) is 11.1 Å². The highest BCUT2D eigenvalue weighted by molar-refractivity contribution is 6.35. The second-order valence-electron chi connectivity index (χ2n) is 3.94. The van der Waals surface area contributed by atoms with Crippen LogP contribution < -0.4 is 0 Å². The van der Waals surface area contributed by atoms with Gasteiger partial charge in [0.15, 0.2) is 0 Å². The lowest BCUT2D eigenvalue weighted by atomic mass is 10.1. The maximum atomic E-state index is 6.08. The molecule has 2 atom stereocenters. The largest absolute Gasteiger partial charge is 0.361 e. The molecule has 1 aromatic rings. The van der Waals surface area contributed by atoms with Crippen molar-refractivity contribution in [2.45, 2.75) is 25.0 Å². The van der Waals surface area contributed by atoms with Gasteiger partial charge in [-0.05, 0) is 30.2 Å². The highest BCUT2D eigenvalue weighted by Crippen LogP contribution is 2.59. The average Bonchev–Trinajstić information content (AvgIpc) is 2.61. The van der Waals surface area contributed by atoms with Crippen molar-refractivity contribution in [3.63, 3.8) is 0 Å². The summed E-state index contributed by atoms with van der Waals surface area (Å²) >= 11 is 12.0. The standard InChI is InChI=1S/C10H8Cl2O/c1-10-4-7-6(9(10)13-10)2-5(11)3-8(7)12/h2-3,9H,4H2,1H3/t9-,10?/m0/s1. The van der Waals surface area contributed by atoms with Crippen molar-refractivity contribution in [3.8, 4) is 0 Å². The fourth-order valence-electron chi connectivity index (χ4n) is 2.16. The first-order valence-corrected chi connectivity index (χ1v) is 5.01. The van der Waals surface area contributed by atoms with Gasteiger partial charge < -0.3 is 4.74 Å². The minimum atomic E-state index is 0.0106. The second kappa shape index (κ2) is 2.22. The van der Waals surface area contributed by atoms with Crippen LogP contribution in [0.15, 0.2) is 12.1 Å². The molecule has 3 heteroatoms. The van der Waals surface area contributed by atoms with Crippen LogP contribution in [0.4, 0.5) is 0 Å². The summed E-state index contributed by atoms with van der Waals surface area (Å²) in [6.45, 7) is 2.11. The molecule has 0 saturated carbocycles. The van der Waals surface area contributed by atoms with Crippen LogP contribution in [0.3, 0.4) is 0 Å².